The fraction of sp³-hybridized carbons (Fsp3) is 0.111. The summed E-state index contributed by atoms with van der Waals surface area (Å²) in [6.45, 7) is 0.967. The molecule has 0 fully saturated rings. The molecule has 0 bridgehead atoms. The highest BCUT2D eigenvalue weighted by atomic mass is 16.5. The Hall–Kier alpha value is -2.88. The topological polar surface area (TPSA) is 44.1 Å². The van der Waals surface area contributed by atoms with E-state index in [0.717, 1.165) is 11.1 Å². The molecule has 1 heterocycles. The molecule has 2 aromatic carbocycles. The van der Waals surface area contributed by atoms with Crippen molar-refractivity contribution in [3.8, 4) is 5.75 Å². The van der Waals surface area contributed by atoms with Gasteiger partial charge in [-0.15, -0.1) is 0 Å². The predicted octanol–water partition coefficient (Wildman–Crippen LogP) is 2.87. The Labute approximate surface area is 128 Å². The fourth-order valence-corrected chi connectivity index (χ4v) is 2.12. The summed E-state index contributed by atoms with van der Waals surface area (Å²) in [6, 6.07) is 19.7. The summed E-state index contributed by atoms with van der Waals surface area (Å²) in [5, 5.41) is 4.11. The molecule has 22 heavy (non-hydrogen) atoms. The third kappa shape index (κ3) is 3.61. The monoisotopic (exact) mass is 292 g/mol. The van der Waals surface area contributed by atoms with Crippen molar-refractivity contribution in [1.82, 2.24) is 9.78 Å². The Kier molecular flexibility index (Phi) is 4.30. The number of hydrogen-bond donors (Lipinski definition) is 0. The lowest BCUT2D eigenvalue weighted by atomic mass is 10.2. The van der Waals surface area contributed by atoms with Crippen LogP contribution in [0.25, 0.3) is 0 Å². The van der Waals surface area contributed by atoms with Crippen LogP contribution in [0.5, 0.6) is 5.75 Å². The molecule has 0 radical (unpaired) electrons. The summed E-state index contributed by atoms with van der Waals surface area (Å²) in [5.41, 5.74) is 1.93. The van der Waals surface area contributed by atoms with Crippen molar-refractivity contribution >= 4 is 0 Å². The molecule has 0 aliphatic carbocycles. The van der Waals surface area contributed by atoms with Crippen molar-refractivity contribution in [3.63, 3.8) is 0 Å². The second-order valence-corrected chi connectivity index (χ2v) is 4.96. The number of hydrogen-bond acceptors (Lipinski definition) is 3. The molecule has 0 N–H and O–H groups in total. The molecule has 0 unspecified atom stereocenters. The van der Waals surface area contributed by atoms with Crippen molar-refractivity contribution in [2.24, 2.45) is 0 Å². The van der Waals surface area contributed by atoms with Gasteiger partial charge in [0.2, 0.25) is 5.43 Å². The van der Waals surface area contributed by atoms with Crippen molar-refractivity contribution in [3.05, 3.63) is 94.4 Å². The van der Waals surface area contributed by atoms with Crippen LogP contribution in [0.2, 0.25) is 0 Å². The molecule has 4 heteroatoms. The second-order valence-electron chi connectivity index (χ2n) is 4.96. The van der Waals surface area contributed by atoms with Gasteiger partial charge in [-0.1, -0.05) is 60.7 Å². The van der Waals surface area contributed by atoms with Gasteiger partial charge in [-0.2, -0.15) is 5.10 Å². The molecule has 110 valence electrons. The Morgan fingerprint density at radius 3 is 2.23 bits per heavy atom. The Bertz CT molecular complexity index is 783. The lowest BCUT2D eigenvalue weighted by Gasteiger charge is -2.09. The van der Waals surface area contributed by atoms with Crippen LogP contribution in [0.15, 0.2) is 77.9 Å². The van der Waals surface area contributed by atoms with Crippen LogP contribution in [0.1, 0.15) is 11.1 Å². The van der Waals surface area contributed by atoms with Crippen molar-refractivity contribution in [2.75, 3.05) is 0 Å². The van der Waals surface area contributed by atoms with Crippen LogP contribution in [0, 0.1) is 0 Å². The third-order valence-corrected chi connectivity index (χ3v) is 3.26. The molecule has 0 saturated carbocycles. The van der Waals surface area contributed by atoms with Crippen LogP contribution in [-0.2, 0) is 13.2 Å². The zero-order valence-corrected chi connectivity index (χ0v) is 12.1. The number of nitrogens with zero attached hydrogens (tertiary/aromatic N) is 2. The van der Waals surface area contributed by atoms with Crippen LogP contribution < -0.4 is 10.2 Å². The normalized spacial score (nSPS) is 10.4. The maximum Gasteiger partial charge on any atom is 0.241 e. The Morgan fingerprint density at radius 1 is 0.909 bits per heavy atom. The first-order valence-electron chi connectivity index (χ1n) is 7.09. The van der Waals surface area contributed by atoms with E-state index in [0.29, 0.717) is 18.9 Å². The van der Waals surface area contributed by atoms with Gasteiger partial charge in [-0.3, -0.25) is 9.48 Å². The minimum atomic E-state index is -0.208. The molecule has 0 amide bonds. The van der Waals surface area contributed by atoms with Gasteiger partial charge in [0, 0.05) is 0 Å². The average Bonchev–Trinajstić information content (AvgIpc) is 2.57. The largest absolute Gasteiger partial charge is 0.483 e. The van der Waals surface area contributed by atoms with E-state index in [9.17, 15) is 4.79 Å². The van der Waals surface area contributed by atoms with Gasteiger partial charge < -0.3 is 4.74 Å². The number of ether oxygens (including phenoxy) is 1. The molecular formula is C18H16N2O2. The highest BCUT2D eigenvalue weighted by Crippen LogP contribution is 2.08. The zero-order chi connectivity index (χ0) is 15.2. The molecule has 3 aromatic rings. The summed E-state index contributed by atoms with van der Waals surface area (Å²) >= 11 is 0. The van der Waals surface area contributed by atoms with Gasteiger partial charge in [-0.05, 0) is 11.1 Å². The zero-order valence-electron chi connectivity index (χ0n) is 12.1. The van der Waals surface area contributed by atoms with E-state index >= 15 is 0 Å². The molecule has 0 spiro atoms. The van der Waals surface area contributed by atoms with E-state index in [2.05, 4.69) is 5.10 Å². The first-order chi connectivity index (χ1) is 10.8. The molecule has 4 nitrogen and oxygen atoms in total. The van der Waals surface area contributed by atoms with Gasteiger partial charge >= 0.3 is 0 Å². The maximum absolute atomic E-state index is 11.8. The lowest BCUT2D eigenvalue weighted by Crippen LogP contribution is -2.14. The van der Waals surface area contributed by atoms with Gasteiger partial charge in [0.1, 0.15) is 6.61 Å². The minimum absolute atomic E-state index is 0.208. The highest BCUT2D eigenvalue weighted by Gasteiger charge is 2.04. The van der Waals surface area contributed by atoms with Crippen LogP contribution in [0.4, 0.5) is 0 Å². The van der Waals surface area contributed by atoms with E-state index < -0.39 is 0 Å². The first-order valence-corrected chi connectivity index (χ1v) is 7.09. The summed E-state index contributed by atoms with van der Waals surface area (Å²) in [5.74, 6) is 0.315. The van der Waals surface area contributed by atoms with Crippen molar-refractivity contribution in [1.29, 1.82) is 0 Å². The SMILES string of the molecule is O=c1cnn(Cc2ccccc2)cc1OCc1ccccc1. The molecule has 0 atom stereocenters. The van der Waals surface area contributed by atoms with E-state index in [1.165, 1.54) is 6.20 Å². The van der Waals surface area contributed by atoms with Crippen molar-refractivity contribution < 1.29 is 4.74 Å². The first kappa shape index (κ1) is 14.1. The molecule has 0 aliphatic rings. The van der Waals surface area contributed by atoms with E-state index in [1.54, 1.807) is 10.9 Å². The summed E-state index contributed by atoms with van der Waals surface area (Å²) in [6.07, 6.45) is 2.95. The fourth-order valence-electron chi connectivity index (χ4n) is 2.12. The molecule has 0 aliphatic heterocycles. The van der Waals surface area contributed by atoms with E-state index in [-0.39, 0.29) is 5.43 Å². The van der Waals surface area contributed by atoms with Gasteiger partial charge in [0.25, 0.3) is 0 Å². The summed E-state index contributed by atoms with van der Waals surface area (Å²) in [7, 11) is 0. The molecule has 0 saturated heterocycles. The Balaban J connectivity index is 1.74. The van der Waals surface area contributed by atoms with E-state index in [1.807, 2.05) is 60.7 Å². The predicted molar refractivity (Wildman–Crippen MR) is 84.8 cm³/mol. The Morgan fingerprint density at radius 2 is 1.55 bits per heavy atom. The van der Waals surface area contributed by atoms with Crippen molar-refractivity contribution in [2.45, 2.75) is 13.2 Å². The smallest absolute Gasteiger partial charge is 0.241 e. The molecular weight excluding hydrogens is 276 g/mol. The quantitative estimate of drug-likeness (QED) is 0.726. The second kappa shape index (κ2) is 6.72. The minimum Gasteiger partial charge on any atom is -0.483 e. The molecule has 1 aromatic heterocycles. The molecule has 3 rings (SSSR count). The van der Waals surface area contributed by atoms with Gasteiger partial charge in [0.05, 0.1) is 18.9 Å². The lowest BCUT2D eigenvalue weighted by molar-refractivity contribution is 0.298. The van der Waals surface area contributed by atoms with E-state index in [4.69, 9.17) is 4.74 Å². The number of aromatic nitrogens is 2. The summed E-state index contributed by atoms with van der Waals surface area (Å²) in [4.78, 5) is 11.8. The third-order valence-electron chi connectivity index (χ3n) is 3.26. The average molecular weight is 292 g/mol. The van der Waals surface area contributed by atoms with Gasteiger partial charge in [-0.25, -0.2) is 0 Å². The van der Waals surface area contributed by atoms with Gasteiger partial charge in [0.15, 0.2) is 5.75 Å². The van der Waals surface area contributed by atoms with Crippen LogP contribution in [-0.4, -0.2) is 9.78 Å². The number of benzene rings is 2. The van der Waals surface area contributed by atoms with Crippen LogP contribution in [0.3, 0.4) is 0 Å². The standard InChI is InChI=1S/C18H16N2O2/c21-17-11-19-20(12-15-7-3-1-4-8-15)13-18(17)22-14-16-9-5-2-6-10-16/h1-11,13H,12,14H2. The number of rotatable bonds is 5. The maximum atomic E-state index is 11.8. The van der Waals surface area contributed by atoms with Crippen LogP contribution >= 0.6 is 0 Å². The highest BCUT2D eigenvalue weighted by molar-refractivity contribution is 5.19. The summed E-state index contributed by atoms with van der Waals surface area (Å²) < 4.78 is 7.33.